The van der Waals surface area contributed by atoms with Gasteiger partial charge in [0, 0.05) is 18.2 Å². The highest BCUT2D eigenvalue weighted by Gasteiger charge is 2.03. The Hall–Kier alpha value is -2.07. The summed E-state index contributed by atoms with van der Waals surface area (Å²) in [5.74, 6) is 1.59. The molecule has 0 saturated carbocycles. The van der Waals surface area contributed by atoms with Gasteiger partial charge in [0.2, 0.25) is 0 Å². The smallest absolute Gasteiger partial charge is 0.138 e. The minimum absolute atomic E-state index is 0.168. The van der Waals surface area contributed by atoms with E-state index in [-0.39, 0.29) is 6.04 Å². The lowest BCUT2D eigenvalue weighted by Crippen LogP contribution is -2.21. The summed E-state index contributed by atoms with van der Waals surface area (Å²) in [6.45, 7) is 2.57. The second-order valence-corrected chi connectivity index (χ2v) is 5.00. The molecule has 0 spiro atoms. The molecule has 1 heterocycles. The molecule has 0 aliphatic rings. The van der Waals surface area contributed by atoms with Crippen LogP contribution in [0.5, 0.6) is 11.5 Å². The van der Waals surface area contributed by atoms with Crippen molar-refractivity contribution in [1.29, 1.82) is 0 Å². The van der Waals surface area contributed by atoms with Gasteiger partial charge >= 0.3 is 0 Å². The topological polar surface area (TPSA) is 57.4 Å². The van der Waals surface area contributed by atoms with E-state index in [9.17, 15) is 0 Å². The van der Waals surface area contributed by atoms with Gasteiger partial charge in [-0.1, -0.05) is 19.1 Å². The maximum absolute atomic E-state index is 5.92. The molecule has 0 amide bonds. The quantitative estimate of drug-likeness (QED) is 0.850. The maximum Gasteiger partial charge on any atom is 0.138 e. The van der Waals surface area contributed by atoms with Crippen LogP contribution in [0.2, 0.25) is 0 Å². The van der Waals surface area contributed by atoms with E-state index < -0.39 is 0 Å². The molecule has 1 aromatic carbocycles. The second kappa shape index (κ2) is 7.64. The summed E-state index contributed by atoms with van der Waals surface area (Å²) in [4.78, 5) is 4.38. The van der Waals surface area contributed by atoms with E-state index >= 15 is 0 Å². The molecule has 0 fully saturated rings. The molecular weight excluding hydrogens is 264 g/mol. The van der Waals surface area contributed by atoms with Crippen LogP contribution in [0.1, 0.15) is 24.6 Å². The lowest BCUT2D eigenvalue weighted by Gasteiger charge is -2.10. The van der Waals surface area contributed by atoms with E-state index in [1.165, 1.54) is 0 Å². The zero-order chi connectivity index (χ0) is 15.1. The number of aromatic nitrogens is 1. The van der Waals surface area contributed by atoms with Gasteiger partial charge in [-0.2, -0.15) is 0 Å². The predicted molar refractivity (Wildman–Crippen MR) is 83.5 cm³/mol. The summed E-state index contributed by atoms with van der Waals surface area (Å²) >= 11 is 0. The zero-order valence-corrected chi connectivity index (χ0v) is 12.6. The van der Waals surface area contributed by atoms with Crippen LogP contribution in [0, 0.1) is 0 Å². The number of rotatable bonds is 7. The van der Waals surface area contributed by atoms with E-state index in [1.54, 1.807) is 13.3 Å². The molecule has 0 saturated heterocycles. The first-order chi connectivity index (χ1) is 10.2. The van der Waals surface area contributed by atoms with Crippen molar-refractivity contribution in [3.05, 3.63) is 53.9 Å². The van der Waals surface area contributed by atoms with Crippen LogP contribution in [0.4, 0.5) is 0 Å². The third-order valence-corrected chi connectivity index (χ3v) is 3.33. The number of pyridine rings is 1. The van der Waals surface area contributed by atoms with E-state index in [0.29, 0.717) is 6.61 Å². The molecule has 2 aromatic rings. The number of benzene rings is 1. The summed E-state index contributed by atoms with van der Waals surface area (Å²) in [5, 5.41) is 0. The Morgan fingerprint density at radius 2 is 2.05 bits per heavy atom. The molecule has 2 N–H and O–H groups in total. The first-order valence-corrected chi connectivity index (χ1v) is 7.17. The van der Waals surface area contributed by atoms with Crippen molar-refractivity contribution in [3.8, 4) is 11.5 Å². The highest BCUT2D eigenvalue weighted by atomic mass is 16.5. The van der Waals surface area contributed by atoms with Crippen LogP contribution in [0.15, 0.2) is 42.6 Å². The summed E-state index contributed by atoms with van der Waals surface area (Å²) in [6, 6.07) is 11.9. The number of hydrogen-bond acceptors (Lipinski definition) is 4. The van der Waals surface area contributed by atoms with Crippen LogP contribution >= 0.6 is 0 Å². The fourth-order valence-corrected chi connectivity index (χ4v) is 1.96. The van der Waals surface area contributed by atoms with E-state index in [2.05, 4.69) is 11.9 Å². The van der Waals surface area contributed by atoms with Crippen LogP contribution in [-0.4, -0.2) is 18.1 Å². The van der Waals surface area contributed by atoms with Crippen LogP contribution < -0.4 is 15.2 Å². The van der Waals surface area contributed by atoms with Crippen molar-refractivity contribution in [2.45, 2.75) is 32.4 Å². The Labute approximate surface area is 125 Å². The van der Waals surface area contributed by atoms with Gasteiger partial charge < -0.3 is 15.2 Å². The van der Waals surface area contributed by atoms with Gasteiger partial charge in [-0.3, -0.25) is 4.98 Å². The van der Waals surface area contributed by atoms with Gasteiger partial charge in [0.25, 0.3) is 0 Å². The zero-order valence-electron chi connectivity index (χ0n) is 12.6. The first kappa shape index (κ1) is 15.3. The molecular formula is C17H22N2O2. The number of nitrogens with two attached hydrogens (primary N) is 1. The Balaban J connectivity index is 1.91. The van der Waals surface area contributed by atoms with Crippen LogP contribution in [0.3, 0.4) is 0 Å². The van der Waals surface area contributed by atoms with Gasteiger partial charge in [-0.05, 0) is 36.2 Å². The predicted octanol–water partition coefficient (Wildman–Crippen LogP) is 2.95. The monoisotopic (exact) mass is 286 g/mol. The highest BCUT2D eigenvalue weighted by molar-refractivity contribution is 5.28. The van der Waals surface area contributed by atoms with Crippen molar-refractivity contribution in [3.63, 3.8) is 0 Å². The molecule has 2 rings (SSSR count). The average molecular weight is 286 g/mol. The Bertz CT molecular complexity index is 555. The number of hydrogen-bond donors (Lipinski definition) is 1. The molecule has 4 nitrogen and oxygen atoms in total. The van der Waals surface area contributed by atoms with Crippen molar-refractivity contribution in [2.24, 2.45) is 5.73 Å². The van der Waals surface area contributed by atoms with Gasteiger partial charge in [0.1, 0.15) is 18.1 Å². The molecule has 1 atom stereocenters. The lowest BCUT2D eigenvalue weighted by molar-refractivity contribution is 0.303. The van der Waals surface area contributed by atoms with Crippen molar-refractivity contribution < 1.29 is 9.47 Å². The van der Waals surface area contributed by atoms with Gasteiger partial charge in [-0.25, -0.2) is 0 Å². The Kier molecular flexibility index (Phi) is 5.58. The molecule has 21 heavy (non-hydrogen) atoms. The van der Waals surface area contributed by atoms with E-state index in [4.69, 9.17) is 15.2 Å². The standard InChI is InChI=1S/C17H22N2O2/c1-3-14(18)10-15-7-8-17(11-19-15)21-12-13-5-4-6-16(9-13)20-2/h4-9,11,14H,3,10,12,18H2,1-2H3. The molecule has 0 aliphatic heterocycles. The highest BCUT2D eigenvalue weighted by Crippen LogP contribution is 2.16. The molecule has 0 aliphatic carbocycles. The largest absolute Gasteiger partial charge is 0.497 e. The number of ether oxygens (including phenoxy) is 2. The SMILES string of the molecule is CCC(N)Cc1ccc(OCc2cccc(OC)c2)cn1. The van der Waals surface area contributed by atoms with Gasteiger partial charge in [0.15, 0.2) is 0 Å². The maximum atomic E-state index is 5.92. The molecule has 112 valence electrons. The summed E-state index contributed by atoms with van der Waals surface area (Å²) in [5.41, 5.74) is 7.98. The molecule has 0 bridgehead atoms. The summed E-state index contributed by atoms with van der Waals surface area (Å²) in [7, 11) is 1.66. The van der Waals surface area contributed by atoms with E-state index in [1.807, 2.05) is 36.4 Å². The fraction of sp³-hybridized carbons (Fsp3) is 0.353. The lowest BCUT2D eigenvalue weighted by atomic mass is 10.1. The van der Waals surface area contributed by atoms with Crippen LogP contribution in [0.25, 0.3) is 0 Å². The van der Waals surface area contributed by atoms with Crippen LogP contribution in [-0.2, 0) is 13.0 Å². The second-order valence-electron chi connectivity index (χ2n) is 5.00. The van der Waals surface area contributed by atoms with E-state index in [0.717, 1.165) is 35.6 Å². The summed E-state index contributed by atoms with van der Waals surface area (Å²) < 4.78 is 10.9. The third kappa shape index (κ3) is 4.76. The third-order valence-electron chi connectivity index (χ3n) is 3.33. The van der Waals surface area contributed by atoms with Crippen molar-refractivity contribution >= 4 is 0 Å². The normalized spacial score (nSPS) is 12.0. The van der Waals surface area contributed by atoms with Gasteiger partial charge in [-0.15, -0.1) is 0 Å². The molecule has 1 unspecified atom stereocenters. The van der Waals surface area contributed by atoms with Gasteiger partial charge in [0.05, 0.1) is 13.3 Å². The number of nitrogens with zero attached hydrogens (tertiary/aromatic N) is 1. The fourth-order valence-electron chi connectivity index (χ4n) is 1.96. The van der Waals surface area contributed by atoms with Crippen molar-refractivity contribution in [2.75, 3.05) is 7.11 Å². The Morgan fingerprint density at radius 3 is 2.71 bits per heavy atom. The molecule has 1 aromatic heterocycles. The minimum Gasteiger partial charge on any atom is -0.497 e. The first-order valence-electron chi connectivity index (χ1n) is 7.17. The minimum atomic E-state index is 0.168. The van der Waals surface area contributed by atoms with Crippen molar-refractivity contribution in [1.82, 2.24) is 4.98 Å². The Morgan fingerprint density at radius 1 is 1.19 bits per heavy atom. The average Bonchev–Trinajstić information content (AvgIpc) is 2.54. The molecule has 4 heteroatoms. The molecule has 0 radical (unpaired) electrons. The summed E-state index contributed by atoms with van der Waals surface area (Å²) in [6.07, 6.45) is 3.50. The number of methoxy groups -OCH3 is 1.